The van der Waals surface area contributed by atoms with Crippen molar-refractivity contribution in [3.05, 3.63) is 41.4 Å². The van der Waals surface area contributed by atoms with Crippen molar-refractivity contribution in [3.63, 3.8) is 0 Å². The van der Waals surface area contributed by atoms with E-state index in [-0.39, 0.29) is 25.3 Å². The smallest absolute Gasteiger partial charge is 0.305 e. The summed E-state index contributed by atoms with van der Waals surface area (Å²) >= 11 is 6.12. The van der Waals surface area contributed by atoms with E-state index >= 15 is 0 Å². The van der Waals surface area contributed by atoms with Gasteiger partial charge < -0.3 is 14.4 Å². The average Bonchev–Trinajstić information content (AvgIpc) is 3.02. The number of hydrogen-bond acceptors (Lipinski definition) is 4. The van der Waals surface area contributed by atoms with Gasteiger partial charge in [-0.3, -0.25) is 9.59 Å². The van der Waals surface area contributed by atoms with Gasteiger partial charge in [0, 0.05) is 31.5 Å². The van der Waals surface area contributed by atoms with Crippen LogP contribution < -0.4 is 0 Å². The lowest BCUT2D eigenvalue weighted by molar-refractivity contribution is -0.138. The molecule has 1 aromatic heterocycles. The van der Waals surface area contributed by atoms with E-state index in [1.165, 1.54) is 4.90 Å². The third-order valence-corrected chi connectivity index (χ3v) is 3.91. The van der Waals surface area contributed by atoms with Gasteiger partial charge in [0.1, 0.15) is 0 Å². The standard InChI is InChI=1S/C17H19ClN2O4/c1-2-20(10-9-17(22)23)16(21)8-7-15-19-11-14(24-15)12-5-3-4-6-13(12)18/h3-6,11H,2,7-10H2,1H3,(H,22,23). The zero-order valence-corrected chi connectivity index (χ0v) is 14.1. The number of carbonyl (C=O) groups excluding carboxylic acids is 1. The quantitative estimate of drug-likeness (QED) is 0.790. The molecule has 7 heteroatoms. The first-order valence-corrected chi connectivity index (χ1v) is 8.08. The maximum atomic E-state index is 12.1. The summed E-state index contributed by atoms with van der Waals surface area (Å²) in [6.45, 7) is 2.50. The molecule has 6 nitrogen and oxygen atoms in total. The number of carboxylic acid groups (broad SMARTS) is 1. The van der Waals surface area contributed by atoms with Crippen LogP contribution in [0.2, 0.25) is 5.02 Å². The van der Waals surface area contributed by atoms with Crippen molar-refractivity contribution >= 4 is 23.5 Å². The van der Waals surface area contributed by atoms with Gasteiger partial charge in [-0.1, -0.05) is 23.7 Å². The third kappa shape index (κ3) is 4.83. The highest BCUT2D eigenvalue weighted by atomic mass is 35.5. The summed E-state index contributed by atoms with van der Waals surface area (Å²) in [6.07, 6.45) is 2.10. The molecule has 2 aromatic rings. The van der Waals surface area contributed by atoms with Gasteiger partial charge in [-0.25, -0.2) is 4.98 Å². The Bertz CT molecular complexity index is 714. The molecule has 0 aliphatic heterocycles. The predicted molar refractivity (Wildman–Crippen MR) is 89.8 cm³/mol. The molecule has 0 bridgehead atoms. The van der Waals surface area contributed by atoms with E-state index in [0.717, 1.165) is 5.56 Å². The summed E-state index contributed by atoms with van der Waals surface area (Å²) in [6, 6.07) is 7.29. The largest absolute Gasteiger partial charge is 0.481 e. The van der Waals surface area contributed by atoms with E-state index < -0.39 is 5.97 Å². The summed E-state index contributed by atoms with van der Waals surface area (Å²) in [7, 11) is 0. The molecular weight excluding hydrogens is 332 g/mol. The molecule has 1 amide bonds. The maximum absolute atomic E-state index is 12.1. The molecule has 1 aromatic carbocycles. The molecule has 0 unspecified atom stereocenters. The van der Waals surface area contributed by atoms with Crippen molar-refractivity contribution in [1.82, 2.24) is 9.88 Å². The number of amides is 1. The van der Waals surface area contributed by atoms with Gasteiger partial charge in [-0.15, -0.1) is 0 Å². The lowest BCUT2D eigenvalue weighted by Crippen LogP contribution is -2.33. The second-order valence-electron chi connectivity index (χ2n) is 5.22. The number of carboxylic acids is 1. The van der Waals surface area contributed by atoms with Crippen LogP contribution in [0.15, 0.2) is 34.9 Å². The molecule has 0 aliphatic rings. The van der Waals surface area contributed by atoms with E-state index in [2.05, 4.69) is 4.98 Å². The van der Waals surface area contributed by atoms with Crippen LogP contribution in [0.25, 0.3) is 11.3 Å². The van der Waals surface area contributed by atoms with Crippen LogP contribution in [-0.2, 0) is 16.0 Å². The van der Waals surface area contributed by atoms with Crippen molar-refractivity contribution < 1.29 is 19.1 Å². The van der Waals surface area contributed by atoms with E-state index in [1.54, 1.807) is 12.3 Å². The van der Waals surface area contributed by atoms with Crippen LogP contribution >= 0.6 is 11.6 Å². The number of aromatic nitrogens is 1. The fourth-order valence-corrected chi connectivity index (χ4v) is 2.50. The highest BCUT2D eigenvalue weighted by Crippen LogP contribution is 2.28. The Balaban J connectivity index is 1.94. The van der Waals surface area contributed by atoms with Crippen molar-refractivity contribution in [2.24, 2.45) is 0 Å². The van der Waals surface area contributed by atoms with E-state index in [9.17, 15) is 9.59 Å². The monoisotopic (exact) mass is 350 g/mol. The van der Waals surface area contributed by atoms with Gasteiger partial charge in [-0.2, -0.15) is 0 Å². The van der Waals surface area contributed by atoms with Gasteiger partial charge in [0.05, 0.1) is 17.6 Å². The molecule has 1 heterocycles. The third-order valence-electron chi connectivity index (χ3n) is 3.58. The van der Waals surface area contributed by atoms with Gasteiger partial charge in [0.25, 0.3) is 0 Å². The summed E-state index contributed by atoms with van der Waals surface area (Å²) < 4.78 is 5.65. The number of carbonyl (C=O) groups is 2. The fourth-order valence-electron chi connectivity index (χ4n) is 2.27. The van der Waals surface area contributed by atoms with Crippen LogP contribution in [0.4, 0.5) is 0 Å². The molecule has 2 rings (SSSR count). The zero-order valence-electron chi connectivity index (χ0n) is 13.4. The summed E-state index contributed by atoms with van der Waals surface area (Å²) in [5, 5.41) is 9.28. The first kappa shape index (κ1) is 18.0. The van der Waals surface area contributed by atoms with Crippen LogP contribution in [0.5, 0.6) is 0 Å². The Morgan fingerprint density at radius 3 is 2.71 bits per heavy atom. The Hall–Kier alpha value is -2.34. The molecule has 1 N–H and O–H groups in total. The molecule has 0 radical (unpaired) electrons. The normalized spacial score (nSPS) is 10.6. The Morgan fingerprint density at radius 2 is 2.04 bits per heavy atom. The fraction of sp³-hybridized carbons (Fsp3) is 0.353. The highest BCUT2D eigenvalue weighted by molar-refractivity contribution is 6.33. The van der Waals surface area contributed by atoms with Crippen LogP contribution in [0.3, 0.4) is 0 Å². The second kappa shape index (κ2) is 8.49. The van der Waals surface area contributed by atoms with Crippen LogP contribution in [-0.4, -0.2) is 40.0 Å². The summed E-state index contributed by atoms with van der Waals surface area (Å²) in [4.78, 5) is 28.4. The Labute approximate surface area is 145 Å². The van der Waals surface area contributed by atoms with Crippen molar-refractivity contribution in [1.29, 1.82) is 0 Å². The summed E-state index contributed by atoms with van der Waals surface area (Å²) in [5.41, 5.74) is 0.751. The number of aliphatic carboxylic acids is 1. The number of nitrogens with zero attached hydrogens (tertiary/aromatic N) is 2. The van der Waals surface area contributed by atoms with E-state index in [4.69, 9.17) is 21.1 Å². The van der Waals surface area contributed by atoms with E-state index in [0.29, 0.717) is 29.6 Å². The topological polar surface area (TPSA) is 83.6 Å². The van der Waals surface area contributed by atoms with Crippen LogP contribution in [0.1, 0.15) is 25.7 Å². The van der Waals surface area contributed by atoms with Gasteiger partial charge in [0.15, 0.2) is 11.7 Å². The Kier molecular flexibility index (Phi) is 6.37. The lowest BCUT2D eigenvalue weighted by atomic mass is 10.2. The zero-order chi connectivity index (χ0) is 17.5. The molecule has 128 valence electrons. The number of aryl methyl sites for hydroxylation is 1. The number of hydrogen-bond donors (Lipinski definition) is 1. The molecule has 24 heavy (non-hydrogen) atoms. The molecule has 0 spiro atoms. The minimum absolute atomic E-state index is 0.0603. The predicted octanol–water partition coefficient (Wildman–Crippen LogP) is 3.25. The summed E-state index contributed by atoms with van der Waals surface area (Å²) in [5.74, 6) is -0.0246. The van der Waals surface area contributed by atoms with Gasteiger partial charge >= 0.3 is 5.97 Å². The highest BCUT2D eigenvalue weighted by Gasteiger charge is 2.15. The minimum Gasteiger partial charge on any atom is -0.481 e. The second-order valence-corrected chi connectivity index (χ2v) is 5.62. The van der Waals surface area contributed by atoms with E-state index in [1.807, 2.05) is 25.1 Å². The van der Waals surface area contributed by atoms with Gasteiger partial charge in [-0.05, 0) is 19.1 Å². The molecule has 0 saturated carbocycles. The molecule has 0 fully saturated rings. The number of halogens is 1. The molecular formula is C17H19ClN2O4. The minimum atomic E-state index is -0.918. The first-order valence-electron chi connectivity index (χ1n) is 7.70. The molecule has 0 aliphatic carbocycles. The molecule has 0 atom stereocenters. The SMILES string of the molecule is CCN(CCC(=O)O)C(=O)CCc1ncc(-c2ccccc2Cl)o1. The van der Waals surface area contributed by atoms with Crippen LogP contribution in [0, 0.1) is 0 Å². The number of benzene rings is 1. The lowest BCUT2D eigenvalue weighted by Gasteiger charge is -2.19. The number of oxazole rings is 1. The van der Waals surface area contributed by atoms with Gasteiger partial charge in [0.2, 0.25) is 5.91 Å². The molecule has 0 saturated heterocycles. The van der Waals surface area contributed by atoms with Crippen molar-refractivity contribution in [3.8, 4) is 11.3 Å². The average molecular weight is 351 g/mol. The number of rotatable bonds is 8. The van der Waals surface area contributed by atoms with Crippen molar-refractivity contribution in [2.45, 2.75) is 26.2 Å². The van der Waals surface area contributed by atoms with Crippen molar-refractivity contribution in [2.75, 3.05) is 13.1 Å². The maximum Gasteiger partial charge on any atom is 0.305 e. The Morgan fingerprint density at radius 1 is 1.29 bits per heavy atom. The first-order chi connectivity index (χ1) is 11.5.